The largest absolute Gasteiger partial charge is 0.464 e. The van der Waals surface area contributed by atoms with Crippen molar-refractivity contribution in [1.29, 1.82) is 0 Å². The molecule has 146 valence electrons. The Morgan fingerprint density at radius 3 is 2.69 bits per heavy atom. The second kappa shape index (κ2) is 11.2. The highest BCUT2D eigenvalue weighted by Crippen LogP contribution is 2.15. The number of ether oxygens (including phenoxy) is 1. The first kappa shape index (κ1) is 22.4. The summed E-state index contributed by atoms with van der Waals surface area (Å²) >= 11 is 0. The topological polar surface area (TPSA) is 89.5 Å². The molecule has 1 atom stereocenters. The van der Waals surface area contributed by atoms with E-state index in [-0.39, 0.29) is 30.0 Å². The van der Waals surface area contributed by atoms with Crippen molar-refractivity contribution in [3.63, 3.8) is 0 Å². The minimum absolute atomic E-state index is 0. The van der Waals surface area contributed by atoms with Crippen LogP contribution in [0.25, 0.3) is 0 Å². The van der Waals surface area contributed by atoms with E-state index in [4.69, 9.17) is 9.15 Å². The average Bonchev–Trinajstić information content (AvgIpc) is 3.16. The first-order chi connectivity index (χ1) is 12.0. The number of aromatic nitrogens is 3. The number of methoxy groups -OCH3 is 1. The zero-order chi connectivity index (χ0) is 18.2. The van der Waals surface area contributed by atoms with Gasteiger partial charge in [0, 0.05) is 27.3 Å². The van der Waals surface area contributed by atoms with Crippen LogP contribution in [0.4, 0.5) is 0 Å². The van der Waals surface area contributed by atoms with Gasteiger partial charge in [-0.2, -0.15) is 0 Å². The van der Waals surface area contributed by atoms with Crippen LogP contribution in [0.3, 0.4) is 0 Å². The van der Waals surface area contributed by atoms with E-state index in [1.807, 2.05) is 44.5 Å². The molecule has 0 radical (unpaired) electrons. The SMILES string of the molecule is COCCCNC(=NCc1nnc(C)n1C)NC(C)c1ccc(C)o1.I. The van der Waals surface area contributed by atoms with Crippen LogP contribution in [0.2, 0.25) is 0 Å². The molecule has 26 heavy (non-hydrogen) atoms. The van der Waals surface area contributed by atoms with Gasteiger partial charge in [0.25, 0.3) is 0 Å². The lowest BCUT2D eigenvalue weighted by Crippen LogP contribution is -2.39. The Morgan fingerprint density at radius 1 is 1.35 bits per heavy atom. The van der Waals surface area contributed by atoms with Gasteiger partial charge in [-0.1, -0.05) is 0 Å². The van der Waals surface area contributed by atoms with Crippen LogP contribution in [0.15, 0.2) is 21.5 Å². The highest BCUT2D eigenvalue weighted by molar-refractivity contribution is 14.0. The van der Waals surface area contributed by atoms with E-state index >= 15 is 0 Å². The zero-order valence-electron chi connectivity index (χ0n) is 16.1. The summed E-state index contributed by atoms with van der Waals surface area (Å²) in [6.45, 7) is 7.81. The van der Waals surface area contributed by atoms with Gasteiger partial charge in [-0.15, -0.1) is 34.2 Å². The van der Waals surface area contributed by atoms with Gasteiger partial charge in [-0.05, 0) is 39.3 Å². The van der Waals surface area contributed by atoms with Crippen LogP contribution in [0.5, 0.6) is 0 Å². The molecule has 9 heteroatoms. The van der Waals surface area contributed by atoms with Crippen molar-refractivity contribution in [2.24, 2.45) is 12.0 Å². The maximum atomic E-state index is 5.68. The van der Waals surface area contributed by atoms with E-state index in [0.717, 1.165) is 36.1 Å². The van der Waals surface area contributed by atoms with Crippen LogP contribution in [0, 0.1) is 13.8 Å². The number of aryl methyl sites for hydroxylation is 2. The van der Waals surface area contributed by atoms with Crippen molar-refractivity contribution >= 4 is 29.9 Å². The molecule has 0 aromatic carbocycles. The van der Waals surface area contributed by atoms with Crippen LogP contribution < -0.4 is 10.6 Å². The maximum absolute atomic E-state index is 5.68. The molecule has 0 bridgehead atoms. The van der Waals surface area contributed by atoms with E-state index < -0.39 is 0 Å². The number of hydrogen-bond acceptors (Lipinski definition) is 5. The molecule has 0 saturated heterocycles. The second-order valence-electron chi connectivity index (χ2n) is 5.97. The first-order valence-corrected chi connectivity index (χ1v) is 8.46. The lowest BCUT2D eigenvalue weighted by atomic mass is 10.2. The van der Waals surface area contributed by atoms with Gasteiger partial charge >= 0.3 is 0 Å². The molecule has 0 fully saturated rings. The molecular formula is C17H29IN6O2. The number of nitrogens with zero attached hydrogens (tertiary/aromatic N) is 4. The summed E-state index contributed by atoms with van der Waals surface area (Å²) in [4.78, 5) is 4.63. The minimum atomic E-state index is 0. The number of nitrogens with one attached hydrogen (secondary N) is 2. The monoisotopic (exact) mass is 476 g/mol. The fourth-order valence-electron chi connectivity index (χ4n) is 2.28. The molecule has 2 N–H and O–H groups in total. The number of halogens is 1. The van der Waals surface area contributed by atoms with E-state index in [0.29, 0.717) is 19.1 Å². The third kappa shape index (κ3) is 6.60. The molecule has 0 saturated carbocycles. The van der Waals surface area contributed by atoms with Gasteiger partial charge in [-0.3, -0.25) is 0 Å². The summed E-state index contributed by atoms with van der Waals surface area (Å²) in [6, 6.07) is 3.93. The Bertz CT molecular complexity index is 697. The number of hydrogen-bond donors (Lipinski definition) is 2. The predicted molar refractivity (Wildman–Crippen MR) is 112 cm³/mol. The fourth-order valence-corrected chi connectivity index (χ4v) is 2.28. The van der Waals surface area contributed by atoms with E-state index in [1.54, 1.807) is 7.11 Å². The highest BCUT2D eigenvalue weighted by Gasteiger charge is 2.12. The normalized spacial score (nSPS) is 12.6. The standard InChI is InChI=1S/C17H28N6O2.HI/c1-12-7-8-15(25-12)13(2)20-17(18-9-6-10-24-5)19-11-16-22-21-14(3)23(16)4;/h7-8,13H,6,9-11H2,1-5H3,(H2,18,19,20);1H. The molecule has 0 amide bonds. The van der Waals surface area contributed by atoms with E-state index in [2.05, 4.69) is 25.8 Å². The Labute approximate surface area is 171 Å². The second-order valence-corrected chi connectivity index (χ2v) is 5.97. The zero-order valence-corrected chi connectivity index (χ0v) is 18.4. The van der Waals surface area contributed by atoms with Gasteiger partial charge in [0.2, 0.25) is 0 Å². The molecule has 2 aromatic heterocycles. The van der Waals surface area contributed by atoms with Gasteiger partial charge in [0.1, 0.15) is 23.9 Å². The smallest absolute Gasteiger partial charge is 0.192 e. The first-order valence-electron chi connectivity index (χ1n) is 8.46. The summed E-state index contributed by atoms with van der Waals surface area (Å²) in [5.74, 6) is 4.16. The fraction of sp³-hybridized carbons (Fsp3) is 0.588. The van der Waals surface area contributed by atoms with Crippen molar-refractivity contribution in [3.05, 3.63) is 35.3 Å². The number of rotatable bonds is 8. The molecule has 2 aromatic rings. The van der Waals surface area contributed by atoms with Crippen molar-refractivity contribution in [2.75, 3.05) is 20.3 Å². The molecule has 0 spiro atoms. The predicted octanol–water partition coefficient (Wildman–Crippen LogP) is 2.48. The van der Waals surface area contributed by atoms with Crippen molar-refractivity contribution in [1.82, 2.24) is 25.4 Å². The molecule has 0 aliphatic heterocycles. The van der Waals surface area contributed by atoms with Crippen LogP contribution >= 0.6 is 24.0 Å². The molecule has 0 aliphatic rings. The van der Waals surface area contributed by atoms with E-state index in [1.165, 1.54) is 0 Å². The maximum Gasteiger partial charge on any atom is 0.192 e. The molecule has 2 rings (SSSR count). The molecule has 8 nitrogen and oxygen atoms in total. The van der Waals surface area contributed by atoms with Crippen molar-refractivity contribution in [3.8, 4) is 0 Å². The van der Waals surface area contributed by atoms with Gasteiger partial charge < -0.3 is 24.4 Å². The molecule has 1 unspecified atom stereocenters. The highest BCUT2D eigenvalue weighted by atomic mass is 127. The minimum Gasteiger partial charge on any atom is -0.464 e. The van der Waals surface area contributed by atoms with Crippen LogP contribution in [0.1, 0.15) is 42.6 Å². The average molecular weight is 476 g/mol. The summed E-state index contributed by atoms with van der Waals surface area (Å²) < 4.78 is 12.7. The van der Waals surface area contributed by atoms with E-state index in [9.17, 15) is 0 Å². The summed E-state index contributed by atoms with van der Waals surface area (Å²) in [7, 11) is 3.64. The van der Waals surface area contributed by atoms with Crippen molar-refractivity contribution in [2.45, 2.75) is 39.8 Å². The van der Waals surface area contributed by atoms with Gasteiger partial charge in [0.15, 0.2) is 11.8 Å². The van der Waals surface area contributed by atoms with Gasteiger partial charge in [-0.25, -0.2) is 4.99 Å². The van der Waals surface area contributed by atoms with Crippen LogP contribution in [-0.4, -0.2) is 41.0 Å². The quantitative estimate of drug-likeness (QED) is 0.264. The summed E-state index contributed by atoms with van der Waals surface area (Å²) in [5, 5.41) is 14.9. The Morgan fingerprint density at radius 2 is 2.12 bits per heavy atom. The Balaban J connectivity index is 0.00000338. The summed E-state index contributed by atoms with van der Waals surface area (Å²) in [5.41, 5.74) is 0. The third-order valence-electron chi connectivity index (χ3n) is 3.92. The lowest BCUT2D eigenvalue weighted by molar-refractivity contribution is 0.195. The van der Waals surface area contributed by atoms with Crippen molar-refractivity contribution < 1.29 is 9.15 Å². The van der Waals surface area contributed by atoms with Gasteiger partial charge in [0.05, 0.1) is 6.04 Å². The third-order valence-corrected chi connectivity index (χ3v) is 3.92. The Kier molecular flexibility index (Phi) is 9.63. The molecular weight excluding hydrogens is 447 g/mol. The number of aliphatic imine (C=N–C) groups is 1. The Hall–Kier alpha value is -1.62. The molecule has 2 heterocycles. The van der Waals surface area contributed by atoms with Crippen LogP contribution in [-0.2, 0) is 18.3 Å². The molecule has 0 aliphatic carbocycles. The lowest BCUT2D eigenvalue weighted by Gasteiger charge is -2.17. The summed E-state index contributed by atoms with van der Waals surface area (Å²) in [6.07, 6.45) is 0.897. The number of guanidine groups is 1. The number of furan rings is 1.